The molecule has 0 aromatic heterocycles. The van der Waals surface area contributed by atoms with Crippen LogP contribution in [0.3, 0.4) is 0 Å². The molecule has 0 aliphatic rings. The minimum Gasteiger partial charge on any atom is -0.202 e. The quantitative estimate of drug-likeness (QED) is 0.372. The first kappa shape index (κ1) is 7.49. The molecule has 0 aromatic rings. The predicted molar refractivity (Wildman–Crippen MR) is 19.7 cm³/mol. The van der Waals surface area contributed by atoms with E-state index in [1.54, 1.807) is 0 Å². The third-order valence-electron chi connectivity index (χ3n) is 0.173. The molecule has 0 atom stereocenters. The van der Waals surface area contributed by atoms with Crippen molar-refractivity contribution in [2.45, 2.75) is 0 Å². The molecule has 0 bridgehead atoms. The van der Waals surface area contributed by atoms with Gasteiger partial charge in [-0.1, -0.05) is 0 Å². The summed E-state index contributed by atoms with van der Waals surface area (Å²) in [7, 11) is -9.71. The van der Waals surface area contributed by atoms with Crippen molar-refractivity contribution < 1.29 is 19.4 Å². The molecule has 0 saturated heterocycles. The minimum atomic E-state index is -9.71. The largest absolute Gasteiger partial charge is 0.533 e. The molecule has 50 valence electrons. The summed E-state index contributed by atoms with van der Waals surface area (Å²) in [6.07, 6.45) is 0. The summed E-state index contributed by atoms with van der Waals surface area (Å²) in [4.78, 5) is 0. The predicted octanol–water partition coefficient (Wildman–Crippen LogP) is 3.12. The van der Waals surface area contributed by atoms with Gasteiger partial charge in [-0.15, -0.1) is 4.25 Å². The summed E-state index contributed by atoms with van der Waals surface area (Å²) >= 11 is 0. The molecule has 0 N–H and O–H groups in total. The van der Waals surface area contributed by atoms with Gasteiger partial charge in [-0.05, 0) is 19.4 Å². The summed E-state index contributed by atoms with van der Waals surface area (Å²) in [6.45, 7) is 5.05. The Bertz CT molecular complexity index is 143. The summed E-state index contributed by atoms with van der Waals surface area (Å²) in [5, 5.41) is 0. The molecule has 0 heterocycles. The van der Waals surface area contributed by atoms with Crippen LogP contribution in [0.15, 0.2) is 0 Å². The maximum Gasteiger partial charge on any atom is 0.533 e. The van der Waals surface area contributed by atoms with E-state index in [-0.39, 0.29) is 0 Å². The van der Waals surface area contributed by atoms with Gasteiger partial charge in [0.25, 0.3) is 0 Å². The van der Waals surface area contributed by atoms with Gasteiger partial charge in [-0.3, -0.25) is 0 Å². The fourth-order valence-corrected chi connectivity index (χ4v) is 0. The van der Waals surface area contributed by atoms with Crippen molar-refractivity contribution in [3.8, 4) is 0 Å². The maximum absolute atomic E-state index is 10.6. The molecule has 0 spiro atoms. The first-order valence-corrected chi connectivity index (χ1v) is 3.09. The summed E-state index contributed by atoms with van der Waals surface area (Å²) in [6, 6.07) is 0. The molecule has 0 radical (unpaired) electrons. The molecule has 8 heavy (non-hydrogen) atoms. The van der Waals surface area contributed by atoms with Gasteiger partial charge in [0.05, 0.1) is 0 Å². The van der Waals surface area contributed by atoms with Crippen molar-refractivity contribution in [2.75, 3.05) is 0 Å². The van der Waals surface area contributed by atoms with E-state index in [9.17, 15) is 19.4 Å². The number of hydrogen-bond acceptors (Lipinski definition) is 0. The van der Waals surface area contributed by atoms with Gasteiger partial charge < -0.3 is 0 Å². The van der Waals surface area contributed by atoms with E-state index in [4.69, 9.17) is 6.57 Å². The molecule has 0 saturated carbocycles. The fourth-order valence-electron chi connectivity index (χ4n) is 0. The van der Waals surface area contributed by atoms with Crippen LogP contribution in [0.4, 0.5) is 19.4 Å². The van der Waals surface area contributed by atoms with Gasteiger partial charge in [0.1, 0.15) is 0 Å². The van der Waals surface area contributed by atoms with Crippen LogP contribution in [0.2, 0.25) is 0 Å². The average Bonchev–Trinajstić information content (AvgIpc) is 1.30. The number of nitrogens with zero attached hydrogens (tertiary/aromatic N) is 1. The van der Waals surface area contributed by atoms with Crippen LogP contribution in [-0.4, -0.2) is 0 Å². The Morgan fingerprint density at radius 2 is 1.12 bits per heavy atom. The molecule has 0 aliphatic carbocycles. The molecule has 0 unspecified atom stereocenters. The second kappa shape index (κ2) is 0.815. The van der Waals surface area contributed by atoms with Gasteiger partial charge in [0.15, 0.2) is 0 Å². The van der Waals surface area contributed by atoms with E-state index in [1.165, 1.54) is 0 Å². The lowest BCUT2D eigenvalue weighted by Crippen LogP contribution is -1.94. The van der Waals surface area contributed by atoms with E-state index in [1.807, 2.05) is 0 Å². The van der Waals surface area contributed by atoms with Crippen molar-refractivity contribution in [3.63, 3.8) is 0 Å². The van der Waals surface area contributed by atoms with Crippen LogP contribution < -0.4 is 0 Å². The van der Waals surface area contributed by atoms with Gasteiger partial charge in [-0.25, -0.2) is 6.57 Å². The lowest BCUT2D eigenvalue weighted by atomic mass is 11.9. The normalized spacial score (nSPS) is 20.5. The van der Waals surface area contributed by atoms with Crippen molar-refractivity contribution in [1.82, 2.24) is 0 Å². The number of hydrogen-bond donors (Lipinski definition) is 0. The molecule has 0 amide bonds. The highest BCUT2D eigenvalue weighted by Gasteiger charge is 2.72. The lowest BCUT2D eigenvalue weighted by Gasteiger charge is -2.24. The molecule has 0 fully saturated rings. The summed E-state index contributed by atoms with van der Waals surface area (Å²) < 4.78 is 53.3. The second-order valence-corrected chi connectivity index (χ2v) is 3.06. The van der Waals surface area contributed by atoms with Gasteiger partial charge in [-0.2, -0.15) is 0 Å². The van der Waals surface area contributed by atoms with E-state index < -0.39 is 10.4 Å². The Morgan fingerprint density at radius 1 is 1.00 bits per heavy atom. The lowest BCUT2D eigenvalue weighted by molar-refractivity contribution is 0.383. The average molecular weight is 153 g/mol. The smallest absolute Gasteiger partial charge is 0.202 e. The zero-order valence-electron chi connectivity index (χ0n) is 3.25. The van der Waals surface area contributed by atoms with Crippen LogP contribution in [0.5, 0.6) is 0 Å². The topological polar surface area (TPSA) is 4.36 Å². The highest BCUT2D eigenvalue weighted by atomic mass is 32.5. The molecular weight excluding hydrogens is 153 g/mol. The highest BCUT2D eigenvalue weighted by molar-refractivity contribution is 8.47. The van der Waals surface area contributed by atoms with E-state index in [0.717, 1.165) is 0 Å². The fraction of sp³-hybridized carbons (Fsp3) is 0. The van der Waals surface area contributed by atoms with E-state index >= 15 is 0 Å². The maximum atomic E-state index is 10.6. The zero-order chi connectivity index (χ0) is 7.12. The van der Waals surface area contributed by atoms with E-state index in [2.05, 4.69) is 0 Å². The van der Waals surface area contributed by atoms with Gasteiger partial charge >= 0.3 is 10.4 Å². The van der Waals surface area contributed by atoms with Crippen LogP contribution in [0, 0.1) is 6.57 Å². The van der Waals surface area contributed by atoms with Crippen LogP contribution >= 0.6 is 10.4 Å². The molecule has 1 nitrogen and oxygen atoms in total. The van der Waals surface area contributed by atoms with Gasteiger partial charge in [0.2, 0.25) is 0 Å². The van der Waals surface area contributed by atoms with Crippen molar-refractivity contribution in [2.24, 2.45) is 0 Å². The molecular formula is CF5NS. The zero-order valence-corrected chi connectivity index (χ0v) is 4.06. The third-order valence-corrected chi connectivity index (χ3v) is 0.518. The molecule has 0 aromatic carbocycles. The Morgan fingerprint density at radius 3 is 1.12 bits per heavy atom. The van der Waals surface area contributed by atoms with Crippen molar-refractivity contribution in [3.05, 3.63) is 10.8 Å². The standard InChI is InChI=1S/CF5NS/c1-7-8(2,3,4,5)6. The van der Waals surface area contributed by atoms with Crippen LogP contribution in [0.1, 0.15) is 0 Å². The first-order chi connectivity index (χ1) is 3.04. The first-order valence-electron chi connectivity index (χ1n) is 1.18. The number of halogens is 5. The SMILES string of the molecule is [C-]#[N+]S(F)(F)(F)(F)F. The van der Waals surface area contributed by atoms with Crippen LogP contribution in [0.25, 0.3) is 4.25 Å². The Kier molecular flexibility index (Phi) is 0.763. The molecule has 7 heteroatoms. The minimum absolute atomic E-state index is 0.319. The second-order valence-electron chi connectivity index (χ2n) is 1.02. The highest BCUT2D eigenvalue weighted by Crippen LogP contribution is 2.99. The number of rotatable bonds is 0. The molecule has 0 rings (SSSR count). The third kappa shape index (κ3) is 5.49. The summed E-state index contributed by atoms with van der Waals surface area (Å²) in [5.74, 6) is 0. The van der Waals surface area contributed by atoms with Crippen LogP contribution in [-0.2, 0) is 0 Å². The Hall–Kier alpha value is -0.510. The monoisotopic (exact) mass is 153 g/mol. The summed E-state index contributed by atoms with van der Waals surface area (Å²) in [5.41, 5.74) is 0. The van der Waals surface area contributed by atoms with E-state index in [0.29, 0.717) is 4.25 Å². The van der Waals surface area contributed by atoms with Crippen molar-refractivity contribution in [1.29, 1.82) is 0 Å². The van der Waals surface area contributed by atoms with Gasteiger partial charge in [0, 0.05) is 0 Å². The Labute approximate surface area is 41.8 Å². The van der Waals surface area contributed by atoms with Crippen molar-refractivity contribution >= 4 is 10.4 Å². The molecule has 0 aliphatic heterocycles. The Balaban J connectivity index is 4.88.